The van der Waals surface area contributed by atoms with Crippen LogP contribution in [0.15, 0.2) is 24.3 Å². The minimum absolute atomic E-state index is 0.118. The molecule has 0 bridgehead atoms. The monoisotopic (exact) mass is 308 g/mol. The molecule has 1 aliphatic carbocycles. The number of amides is 2. The molecule has 2 amide bonds. The Bertz CT molecular complexity index is 511. The quantitative estimate of drug-likeness (QED) is 0.840. The van der Waals surface area contributed by atoms with Crippen LogP contribution in [-0.2, 0) is 4.74 Å². The topological polar surface area (TPSA) is 67.4 Å². The molecule has 2 rings (SSSR count). The van der Waals surface area contributed by atoms with Crippen molar-refractivity contribution >= 4 is 12.0 Å². The van der Waals surface area contributed by atoms with E-state index in [0.29, 0.717) is 24.9 Å². The van der Waals surface area contributed by atoms with Crippen LogP contribution in [0.3, 0.4) is 0 Å². The van der Waals surface area contributed by atoms with Crippen LogP contribution in [0.25, 0.3) is 0 Å². The molecule has 0 unspecified atom stereocenters. The highest BCUT2D eigenvalue weighted by Gasteiger charge is 2.25. The van der Waals surface area contributed by atoms with Crippen molar-refractivity contribution in [2.45, 2.75) is 44.8 Å². The SMILES string of the molecule is CCNC(=O)NC1CCC(OC(=O)c2ccc(F)cc2)CC1. The molecule has 0 saturated heterocycles. The number of hydrogen-bond donors (Lipinski definition) is 2. The summed E-state index contributed by atoms with van der Waals surface area (Å²) in [5.74, 6) is -0.811. The van der Waals surface area contributed by atoms with Gasteiger partial charge in [0.2, 0.25) is 0 Å². The highest BCUT2D eigenvalue weighted by molar-refractivity contribution is 5.89. The first-order chi connectivity index (χ1) is 10.6. The van der Waals surface area contributed by atoms with Crippen LogP contribution in [-0.4, -0.2) is 30.7 Å². The van der Waals surface area contributed by atoms with Gasteiger partial charge in [-0.25, -0.2) is 14.0 Å². The second-order valence-electron chi connectivity index (χ2n) is 5.39. The number of ether oxygens (including phenoxy) is 1. The molecule has 0 aromatic heterocycles. The predicted octanol–water partition coefficient (Wildman–Crippen LogP) is 2.61. The zero-order valence-corrected chi connectivity index (χ0v) is 12.6. The number of carbonyl (C=O) groups is 2. The first kappa shape index (κ1) is 16.3. The molecule has 0 spiro atoms. The maximum atomic E-state index is 12.8. The minimum Gasteiger partial charge on any atom is -0.459 e. The zero-order valence-electron chi connectivity index (χ0n) is 12.6. The third kappa shape index (κ3) is 4.72. The highest BCUT2D eigenvalue weighted by Crippen LogP contribution is 2.22. The number of esters is 1. The summed E-state index contributed by atoms with van der Waals surface area (Å²) in [5.41, 5.74) is 0.351. The van der Waals surface area contributed by atoms with E-state index in [9.17, 15) is 14.0 Å². The average Bonchev–Trinajstić information content (AvgIpc) is 2.50. The van der Waals surface area contributed by atoms with Crippen LogP contribution in [0, 0.1) is 5.82 Å². The van der Waals surface area contributed by atoms with Crippen molar-refractivity contribution in [2.24, 2.45) is 0 Å². The number of carbonyl (C=O) groups excluding carboxylic acids is 2. The molecule has 120 valence electrons. The normalized spacial score (nSPS) is 21.0. The first-order valence-electron chi connectivity index (χ1n) is 7.59. The van der Waals surface area contributed by atoms with Gasteiger partial charge in [-0.05, 0) is 56.9 Å². The molecule has 22 heavy (non-hydrogen) atoms. The summed E-state index contributed by atoms with van der Waals surface area (Å²) >= 11 is 0. The third-order valence-electron chi connectivity index (χ3n) is 3.70. The van der Waals surface area contributed by atoms with Gasteiger partial charge in [-0.2, -0.15) is 0 Å². The molecule has 1 aliphatic rings. The molecule has 6 heteroatoms. The number of rotatable bonds is 4. The van der Waals surface area contributed by atoms with E-state index in [0.717, 1.165) is 12.8 Å². The zero-order chi connectivity index (χ0) is 15.9. The number of nitrogens with one attached hydrogen (secondary N) is 2. The van der Waals surface area contributed by atoms with E-state index in [1.165, 1.54) is 24.3 Å². The molecule has 0 heterocycles. The largest absolute Gasteiger partial charge is 0.459 e. The lowest BCUT2D eigenvalue weighted by Crippen LogP contribution is -2.44. The minimum atomic E-state index is -0.430. The van der Waals surface area contributed by atoms with Gasteiger partial charge in [-0.1, -0.05) is 0 Å². The van der Waals surface area contributed by atoms with E-state index in [1.807, 2.05) is 6.92 Å². The second-order valence-corrected chi connectivity index (χ2v) is 5.39. The van der Waals surface area contributed by atoms with E-state index in [2.05, 4.69) is 10.6 Å². The van der Waals surface area contributed by atoms with Gasteiger partial charge < -0.3 is 15.4 Å². The van der Waals surface area contributed by atoms with Crippen molar-refractivity contribution < 1.29 is 18.7 Å². The summed E-state index contributed by atoms with van der Waals surface area (Å²) in [7, 11) is 0. The Kier molecular flexibility index (Phi) is 5.75. The smallest absolute Gasteiger partial charge is 0.338 e. The van der Waals surface area contributed by atoms with Crippen molar-refractivity contribution in [3.8, 4) is 0 Å². The lowest BCUT2D eigenvalue weighted by molar-refractivity contribution is 0.0188. The van der Waals surface area contributed by atoms with E-state index >= 15 is 0 Å². The van der Waals surface area contributed by atoms with Gasteiger partial charge in [0.05, 0.1) is 5.56 Å². The van der Waals surface area contributed by atoms with Crippen molar-refractivity contribution in [3.63, 3.8) is 0 Å². The van der Waals surface area contributed by atoms with Crippen LogP contribution in [0.2, 0.25) is 0 Å². The Morgan fingerprint density at radius 3 is 2.41 bits per heavy atom. The lowest BCUT2D eigenvalue weighted by atomic mass is 9.93. The summed E-state index contributed by atoms with van der Waals surface area (Å²) in [6.45, 7) is 2.46. The fraction of sp³-hybridized carbons (Fsp3) is 0.500. The predicted molar refractivity (Wildman–Crippen MR) is 80.1 cm³/mol. The molecule has 1 fully saturated rings. The summed E-state index contributed by atoms with van der Waals surface area (Å²) in [4.78, 5) is 23.4. The molecule has 0 atom stereocenters. The molecule has 1 aromatic carbocycles. The number of urea groups is 1. The Labute approximate surface area is 129 Å². The van der Waals surface area contributed by atoms with E-state index in [4.69, 9.17) is 4.74 Å². The molecular formula is C16H21FN2O3. The van der Waals surface area contributed by atoms with Gasteiger partial charge in [0.1, 0.15) is 11.9 Å². The van der Waals surface area contributed by atoms with Crippen molar-refractivity contribution in [2.75, 3.05) is 6.54 Å². The summed E-state index contributed by atoms with van der Waals surface area (Å²) in [6.07, 6.45) is 2.83. The molecule has 2 N–H and O–H groups in total. The van der Waals surface area contributed by atoms with E-state index < -0.39 is 5.97 Å². The van der Waals surface area contributed by atoms with Gasteiger partial charge in [0.25, 0.3) is 0 Å². The maximum Gasteiger partial charge on any atom is 0.338 e. The summed E-state index contributed by atoms with van der Waals surface area (Å²) in [5, 5.41) is 5.60. The van der Waals surface area contributed by atoms with Crippen LogP contribution < -0.4 is 10.6 Å². The average molecular weight is 308 g/mol. The van der Waals surface area contributed by atoms with Gasteiger partial charge in [0, 0.05) is 12.6 Å². The Hall–Kier alpha value is -2.11. The van der Waals surface area contributed by atoms with Gasteiger partial charge in [-0.15, -0.1) is 0 Å². The first-order valence-corrected chi connectivity index (χ1v) is 7.59. The Balaban J connectivity index is 1.76. The second kappa shape index (κ2) is 7.77. The summed E-state index contributed by atoms with van der Waals surface area (Å²) < 4.78 is 18.2. The molecule has 1 saturated carbocycles. The van der Waals surface area contributed by atoms with Crippen LogP contribution in [0.5, 0.6) is 0 Å². The maximum absolute atomic E-state index is 12.8. The van der Waals surface area contributed by atoms with Crippen molar-refractivity contribution in [3.05, 3.63) is 35.6 Å². The fourth-order valence-electron chi connectivity index (χ4n) is 2.53. The van der Waals surface area contributed by atoms with Crippen molar-refractivity contribution in [1.82, 2.24) is 10.6 Å². The number of benzene rings is 1. The lowest BCUT2D eigenvalue weighted by Gasteiger charge is -2.28. The van der Waals surface area contributed by atoms with E-state index in [1.54, 1.807) is 0 Å². The molecule has 0 radical (unpaired) electrons. The molecule has 1 aromatic rings. The van der Waals surface area contributed by atoms with Crippen LogP contribution in [0.4, 0.5) is 9.18 Å². The van der Waals surface area contributed by atoms with Crippen LogP contribution in [0.1, 0.15) is 43.0 Å². The highest BCUT2D eigenvalue weighted by atomic mass is 19.1. The Morgan fingerprint density at radius 2 is 1.82 bits per heavy atom. The van der Waals surface area contributed by atoms with Gasteiger partial charge in [-0.3, -0.25) is 0 Å². The third-order valence-corrected chi connectivity index (χ3v) is 3.70. The molecular weight excluding hydrogens is 287 g/mol. The van der Waals surface area contributed by atoms with Crippen molar-refractivity contribution in [1.29, 1.82) is 0 Å². The molecule has 5 nitrogen and oxygen atoms in total. The fourth-order valence-corrected chi connectivity index (χ4v) is 2.53. The standard InChI is InChI=1S/C16H21FN2O3/c1-2-18-16(21)19-13-7-9-14(10-8-13)22-15(20)11-3-5-12(17)6-4-11/h3-6,13-14H,2,7-10H2,1H3,(H2,18,19,21). The van der Waals surface area contributed by atoms with Gasteiger partial charge in [0.15, 0.2) is 0 Å². The van der Waals surface area contributed by atoms with Crippen LogP contribution >= 0.6 is 0 Å². The molecule has 0 aliphatic heterocycles. The number of halogens is 1. The Morgan fingerprint density at radius 1 is 1.18 bits per heavy atom. The summed E-state index contributed by atoms with van der Waals surface area (Å²) in [6, 6.07) is 5.27. The number of hydrogen-bond acceptors (Lipinski definition) is 3. The van der Waals surface area contributed by atoms with Gasteiger partial charge >= 0.3 is 12.0 Å². The van der Waals surface area contributed by atoms with E-state index in [-0.39, 0.29) is 24.0 Å².